The van der Waals surface area contributed by atoms with E-state index in [0.29, 0.717) is 12.7 Å². The van der Waals surface area contributed by atoms with Crippen molar-refractivity contribution in [1.82, 2.24) is 10.3 Å². The van der Waals surface area contributed by atoms with Crippen molar-refractivity contribution in [2.45, 2.75) is 32.0 Å². The lowest BCUT2D eigenvalue weighted by Gasteiger charge is -2.24. The second-order valence-electron chi connectivity index (χ2n) is 4.31. The van der Waals surface area contributed by atoms with Crippen LogP contribution in [0.15, 0.2) is 18.3 Å². The zero-order valence-corrected chi connectivity index (χ0v) is 10.2. The van der Waals surface area contributed by atoms with E-state index >= 15 is 0 Å². The molecular weight excluding hydrogens is 242 g/mol. The lowest BCUT2D eigenvalue weighted by atomic mass is 10.1. The number of pyridine rings is 1. The molecule has 2 heterocycles. The Hall–Kier alpha value is -1.43. The van der Waals surface area contributed by atoms with Crippen molar-refractivity contribution in [2.24, 2.45) is 0 Å². The van der Waals surface area contributed by atoms with Crippen LogP contribution in [0.2, 0.25) is 0 Å². The van der Waals surface area contributed by atoms with Gasteiger partial charge in [0.15, 0.2) is 0 Å². The van der Waals surface area contributed by atoms with Gasteiger partial charge in [0, 0.05) is 19.2 Å². The number of hydrogen-bond donors (Lipinski definition) is 1. The molecular formula is C12H16F2N2O2. The van der Waals surface area contributed by atoms with E-state index in [9.17, 15) is 8.78 Å². The van der Waals surface area contributed by atoms with Crippen molar-refractivity contribution >= 4 is 0 Å². The average Bonchev–Trinajstić information content (AvgIpc) is 2.28. The van der Waals surface area contributed by atoms with E-state index in [4.69, 9.17) is 4.74 Å². The molecule has 0 amide bonds. The molecule has 1 aromatic heterocycles. The van der Waals surface area contributed by atoms with E-state index in [1.807, 2.05) is 0 Å². The van der Waals surface area contributed by atoms with Crippen LogP contribution in [-0.2, 0) is 0 Å². The normalized spacial score (nSPS) is 17.5. The number of rotatable bonds is 4. The Morgan fingerprint density at radius 2 is 2.11 bits per heavy atom. The summed E-state index contributed by atoms with van der Waals surface area (Å²) in [7, 11) is 0. The number of nitrogens with one attached hydrogen (secondary N) is 1. The van der Waals surface area contributed by atoms with Crippen molar-refractivity contribution in [3.63, 3.8) is 0 Å². The van der Waals surface area contributed by atoms with Crippen LogP contribution in [0.1, 0.15) is 19.8 Å². The first-order valence-electron chi connectivity index (χ1n) is 5.93. The van der Waals surface area contributed by atoms with Gasteiger partial charge in [-0.25, -0.2) is 4.98 Å². The quantitative estimate of drug-likeness (QED) is 0.899. The Morgan fingerprint density at radius 1 is 1.39 bits per heavy atom. The fourth-order valence-corrected chi connectivity index (χ4v) is 1.81. The monoisotopic (exact) mass is 258 g/mol. The summed E-state index contributed by atoms with van der Waals surface area (Å²) in [6.45, 7) is 2.49. The Balaban J connectivity index is 1.98. The van der Waals surface area contributed by atoms with Crippen molar-refractivity contribution < 1.29 is 18.3 Å². The van der Waals surface area contributed by atoms with Crippen LogP contribution < -0.4 is 14.8 Å². The molecule has 0 radical (unpaired) electrons. The van der Waals surface area contributed by atoms with Gasteiger partial charge in [0.2, 0.25) is 5.88 Å². The van der Waals surface area contributed by atoms with Gasteiger partial charge in [0.1, 0.15) is 11.9 Å². The fourth-order valence-electron chi connectivity index (χ4n) is 1.81. The van der Waals surface area contributed by atoms with Crippen LogP contribution >= 0.6 is 0 Å². The maximum absolute atomic E-state index is 12.7. The summed E-state index contributed by atoms with van der Waals surface area (Å²) >= 11 is 0. The smallest absolute Gasteiger partial charge is 0.396 e. The summed E-state index contributed by atoms with van der Waals surface area (Å²) in [6.07, 6.45) is 0.0894. The molecule has 2 rings (SSSR count). The maximum Gasteiger partial charge on any atom is 0.396 e. The van der Waals surface area contributed by atoms with E-state index in [0.717, 1.165) is 25.9 Å². The van der Waals surface area contributed by atoms with Gasteiger partial charge in [-0.05, 0) is 32.0 Å². The van der Waals surface area contributed by atoms with Crippen LogP contribution in [0, 0.1) is 0 Å². The molecule has 4 nitrogen and oxygen atoms in total. The van der Waals surface area contributed by atoms with Gasteiger partial charge in [-0.1, -0.05) is 0 Å². The number of halogens is 2. The molecule has 0 atom stereocenters. The van der Waals surface area contributed by atoms with Crippen molar-refractivity contribution in [1.29, 1.82) is 0 Å². The molecule has 1 aromatic rings. The first-order valence-corrected chi connectivity index (χ1v) is 5.93. The van der Waals surface area contributed by atoms with Gasteiger partial charge in [0.25, 0.3) is 0 Å². The van der Waals surface area contributed by atoms with Gasteiger partial charge < -0.3 is 14.8 Å². The molecule has 1 fully saturated rings. The summed E-state index contributed by atoms with van der Waals surface area (Å²) in [5, 5.41) is 3.23. The third-order valence-corrected chi connectivity index (χ3v) is 2.58. The second-order valence-corrected chi connectivity index (χ2v) is 4.31. The Morgan fingerprint density at radius 3 is 2.78 bits per heavy atom. The molecule has 0 spiro atoms. The molecule has 6 heteroatoms. The number of hydrogen-bond acceptors (Lipinski definition) is 4. The van der Waals surface area contributed by atoms with Crippen LogP contribution in [0.25, 0.3) is 0 Å². The first kappa shape index (κ1) is 13.0. The minimum absolute atomic E-state index is 0.114. The molecule has 0 saturated carbocycles. The van der Waals surface area contributed by atoms with E-state index in [1.165, 1.54) is 12.3 Å². The summed E-state index contributed by atoms with van der Waals surface area (Å²) in [4.78, 5) is 3.72. The Bertz CT molecular complexity index is 390. The van der Waals surface area contributed by atoms with Gasteiger partial charge in [-0.15, -0.1) is 0 Å². The second kappa shape index (κ2) is 5.48. The molecule has 0 bridgehead atoms. The van der Waals surface area contributed by atoms with Crippen molar-refractivity contribution in [2.75, 3.05) is 13.1 Å². The zero-order chi connectivity index (χ0) is 13.0. The van der Waals surface area contributed by atoms with Gasteiger partial charge >= 0.3 is 6.11 Å². The minimum Gasteiger partial charge on any atom is -0.490 e. The predicted molar refractivity (Wildman–Crippen MR) is 62.0 cm³/mol. The SMILES string of the molecule is CC(F)(F)Oc1cc(OC2CCNCC2)ccn1. The van der Waals surface area contributed by atoms with E-state index in [2.05, 4.69) is 15.0 Å². The molecule has 0 aliphatic carbocycles. The number of nitrogens with zero attached hydrogens (tertiary/aromatic N) is 1. The Labute approximate surface area is 104 Å². The molecule has 18 heavy (non-hydrogen) atoms. The molecule has 100 valence electrons. The molecule has 0 aromatic carbocycles. The van der Waals surface area contributed by atoms with Gasteiger partial charge in [-0.2, -0.15) is 8.78 Å². The maximum atomic E-state index is 12.7. The number of piperidine rings is 1. The number of aromatic nitrogens is 1. The fraction of sp³-hybridized carbons (Fsp3) is 0.583. The molecule has 1 aliphatic rings. The standard InChI is InChI=1S/C12H16F2N2O2/c1-12(13,14)18-11-8-10(4-7-16-11)17-9-2-5-15-6-3-9/h4,7-9,15H,2-3,5-6H2,1H3. The molecule has 0 unspecified atom stereocenters. The van der Waals surface area contributed by atoms with E-state index in [1.54, 1.807) is 6.07 Å². The van der Waals surface area contributed by atoms with Crippen LogP contribution in [0.5, 0.6) is 11.6 Å². The predicted octanol–water partition coefficient (Wildman–Crippen LogP) is 2.20. The topological polar surface area (TPSA) is 43.4 Å². The third kappa shape index (κ3) is 4.10. The lowest BCUT2D eigenvalue weighted by Crippen LogP contribution is -2.34. The summed E-state index contributed by atoms with van der Waals surface area (Å²) in [6, 6.07) is 3.03. The summed E-state index contributed by atoms with van der Waals surface area (Å²) in [5.41, 5.74) is 0. The zero-order valence-electron chi connectivity index (χ0n) is 10.2. The minimum atomic E-state index is -3.24. The van der Waals surface area contributed by atoms with Gasteiger partial charge in [-0.3, -0.25) is 0 Å². The highest BCUT2D eigenvalue weighted by molar-refractivity contribution is 5.26. The van der Waals surface area contributed by atoms with E-state index < -0.39 is 6.11 Å². The highest BCUT2D eigenvalue weighted by atomic mass is 19.3. The average molecular weight is 258 g/mol. The van der Waals surface area contributed by atoms with Crippen LogP contribution in [0.4, 0.5) is 8.78 Å². The highest BCUT2D eigenvalue weighted by Crippen LogP contribution is 2.24. The molecule has 1 saturated heterocycles. The van der Waals surface area contributed by atoms with Crippen LogP contribution in [0.3, 0.4) is 0 Å². The van der Waals surface area contributed by atoms with Crippen molar-refractivity contribution in [3.05, 3.63) is 18.3 Å². The highest BCUT2D eigenvalue weighted by Gasteiger charge is 2.24. The molecule has 1 N–H and O–H groups in total. The number of alkyl halides is 2. The Kier molecular flexibility index (Phi) is 3.96. The largest absolute Gasteiger partial charge is 0.490 e. The third-order valence-electron chi connectivity index (χ3n) is 2.58. The van der Waals surface area contributed by atoms with E-state index in [-0.39, 0.29) is 12.0 Å². The van der Waals surface area contributed by atoms with Crippen LogP contribution in [-0.4, -0.2) is 30.3 Å². The number of ether oxygens (including phenoxy) is 2. The lowest BCUT2D eigenvalue weighted by molar-refractivity contribution is -0.161. The summed E-state index contributed by atoms with van der Waals surface area (Å²) in [5.74, 6) is 0.380. The van der Waals surface area contributed by atoms with Gasteiger partial charge in [0.05, 0.1) is 0 Å². The van der Waals surface area contributed by atoms with Crippen molar-refractivity contribution in [3.8, 4) is 11.6 Å². The summed E-state index contributed by atoms with van der Waals surface area (Å²) < 4.78 is 35.5. The molecule has 1 aliphatic heterocycles. The first-order chi connectivity index (χ1) is 8.53.